The number of rotatable bonds is 6. The summed E-state index contributed by atoms with van der Waals surface area (Å²) in [4.78, 5) is 14.8. The number of anilines is 1. The van der Waals surface area contributed by atoms with Crippen molar-refractivity contribution < 1.29 is 14.3 Å². The average molecular weight is 355 g/mol. The molecule has 0 aromatic heterocycles. The molecule has 0 spiro atoms. The molecule has 2 aromatic rings. The molecule has 1 amide bonds. The minimum atomic E-state index is -0.100. The van der Waals surface area contributed by atoms with Crippen molar-refractivity contribution in [3.05, 3.63) is 59.7 Å². The van der Waals surface area contributed by atoms with E-state index in [2.05, 4.69) is 10.2 Å². The summed E-state index contributed by atoms with van der Waals surface area (Å²) in [5.41, 5.74) is 8.08. The summed E-state index contributed by atoms with van der Waals surface area (Å²) in [7, 11) is 1.65. The topological polar surface area (TPSA) is 76.8 Å². The van der Waals surface area contributed by atoms with E-state index in [1.807, 2.05) is 24.3 Å². The molecule has 6 nitrogen and oxygen atoms in total. The molecule has 1 aliphatic rings. The number of methoxy groups -OCH3 is 1. The van der Waals surface area contributed by atoms with Crippen LogP contribution in [0.25, 0.3) is 0 Å². The third-order valence-corrected chi connectivity index (χ3v) is 4.62. The number of nitrogens with zero attached hydrogens (tertiary/aromatic N) is 1. The zero-order valence-corrected chi connectivity index (χ0v) is 15.0. The van der Waals surface area contributed by atoms with Crippen molar-refractivity contribution in [2.75, 3.05) is 45.7 Å². The molecule has 1 heterocycles. The first-order valence-electron chi connectivity index (χ1n) is 8.77. The summed E-state index contributed by atoms with van der Waals surface area (Å²) in [6.07, 6.45) is 0. The molecule has 0 aliphatic carbocycles. The van der Waals surface area contributed by atoms with Crippen LogP contribution in [0.1, 0.15) is 22.0 Å². The molecule has 1 aliphatic heterocycles. The first-order valence-corrected chi connectivity index (χ1v) is 8.77. The molecular formula is C20H25N3O3. The van der Waals surface area contributed by atoms with Gasteiger partial charge in [0.05, 0.1) is 26.4 Å². The Balaban J connectivity index is 1.72. The molecule has 2 aromatic carbocycles. The number of morpholine rings is 1. The maximum Gasteiger partial charge on any atom is 0.251 e. The van der Waals surface area contributed by atoms with E-state index in [4.69, 9.17) is 15.2 Å². The summed E-state index contributed by atoms with van der Waals surface area (Å²) in [6, 6.07) is 15.0. The van der Waals surface area contributed by atoms with Gasteiger partial charge in [0.1, 0.15) is 5.75 Å². The van der Waals surface area contributed by atoms with Gasteiger partial charge in [-0.1, -0.05) is 12.1 Å². The van der Waals surface area contributed by atoms with Gasteiger partial charge in [-0.25, -0.2) is 0 Å². The quantitative estimate of drug-likeness (QED) is 0.776. The minimum Gasteiger partial charge on any atom is -0.497 e. The van der Waals surface area contributed by atoms with Crippen LogP contribution in [0.2, 0.25) is 0 Å². The van der Waals surface area contributed by atoms with Crippen molar-refractivity contribution in [2.24, 2.45) is 0 Å². The molecule has 0 bridgehead atoms. The zero-order valence-electron chi connectivity index (χ0n) is 15.0. The largest absolute Gasteiger partial charge is 0.497 e. The van der Waals surface area contributed by atoms with Crippen LogP contribution in [0.4, 0.5) is 5.69 Å². The van der Waals surface area contributed by atoms with E-state index in [0.717, 1.165) is 24.4 Å². The summed E-state index contributed by atoms with van der Waals surface area (Å²) >= 11 is 0. The highest BCUT2D eigenvalue weighted by atomic mass is 16.5. The molecule has 3 rings (SSSR count). The van der Waals surface area contributed by atoms with Crippen LogP contribution < -0.4 is 15.8 Å². The van der Waals surface area contributed by atoms with Gasteiger partial charge in [-0.05, 0) is 42.0 Å². The van der Waals surface area contributed by atoms with Crippen LogP contribution in [0.15, 0.2) is 48.5 Å². The maximum atomic E-state index is 12.5. The van der Waals surface area contributed by atoms with Crippen molar-refractivity contribution in [1.82, 2.24) is 10.2 Å². The van der Waals surface area contributed by atoms with Crippen LogP contribution >= 0.6 is 0 Å². The second-order valence-corrected chi connectivity index (χ2v) is 6.27. The Morgan fingerprint density at radius 3 is 2.42 bits per heavy atom. The van der Waals surface area contributed by atoms with Crippen LogP contribution in [-0.4, -0.2) is 50.8 Å². The van der Waals surface area contributed by atoms with Gasteiger partial charge in [0.25, 0.3) is 5.91 Å². The predicted molar refractivity (Wildman–Crippen MR) is 101 cm³/mol. The fraction of sp³-hybridized carbons (Fsp3) is 0.350. The number of benzene rings is 2. The fourth-order valence-electron chi connectivity index (χ4n) is 3.10. The molecule has 3 N–H and O–H groups in total. The Bertz CT molecular complexity index is 710. The average Bonchev–Trinajstić information content (AvgIpc) is 2.70. The number of nitrogen functional groups attached to an aromatic ring is 1. The maximum absolute atomic E-state index is 12.5. The summed E-state index contributed by atoms with van der Waals surface area (Å²) in [6.45, 7) is 3.62. The van der Waals surface area contributed by atoms with Crippen LogP contribution in [0.5, 0.6) is 5.75 Å². The lowest BCUT2D eigenvalue weighted by Gasteiger charge is -2.35. The molecule has 1 unspecified atom stereocenters. The normalized spacial score (nSPS) is 16.0. The highest BCUT2D eigenvalue weighted by molar-refractivity contribution is 5.94. The van der Waals surface area contributed by atoms with Gasteiger partial charge >= 0.3 is 0 Å². The number of carbonyl (C=O) groups excluding carboxylic acids is 1. The minimum absolute atomic E-state index is 0.0857. The number of amides is 1. The first-order chi connectivity index (χ1) is 12.7. The molecular weight excluding hydrogens is 330 g/mol. The van der Waals surface area contributed by atoms with Gasteiger partial charge in [-0.3, -0.25) is 9.69 Å². The van der Waals surface area contributed by atoms with Gasteiger partial charge in [-0.2, -0.15) is 0 Å². The number of hydrogen-bond donors (Lipinski definition) is 2. The van der Waals surface area contributed by atoms with E-state index in [-0.39, 0.29) is 11.9 Å². The zero-order chi connectivity index (χ0) is 18.4. The van der Waals surface area contributed by atoms with Crippen LogP contribution in [0, 0.1) is 0 Å². The predicted octanol–water partition coefficient (Wildman–Crippen LogP) is 2.08. The number of nitrogens with two attached hydrogens (primary N) is 1. The molecule has 138 valence electrons. The molecule has 26 heavy (non-hydrogen) atoms. The van der Waals surface area contributed by atoms with Crippen molar-refractivity contribution in [1.29, 1.82) is 0 Å². The standard InChI is InChI=1S/C20H25N3O3/c1-25-18-8-4-15(5-9-18)19(23-10-12-26-13-11-23)14-22-20(24)16-2-6-17(21)7-3-16/h2-9,19H,10-14,21H2,1H3,(H,22,24). The van der Waals surface area contributed by atoms with Gasteiger partial charge < -0.3 is 20.5 Å². The Hall–Kier alpha value is -2.57. The van der Waals surface area contributed by atoms with E-state index < -0.39 is 0 Å². The van der Waals surface area contributed by atoms with Crippen molar-refractivity contribution >= 4 is 11.6 Å². The SMILES string of the molecule is COc1ccc(C(CNC(=O)c2ccc(N)cc2)N2CCOCC2)cc1. The third-order valence-electron chi connectivity index (χ3n) is 4.62. The van der Waals surface area contributed by atoms with E-state index in [1.165, 1.54) is 0 Å². The lowest BCUT2D eigenvalue weighted by atomic mass is 10.0. The molecule has 1 atom stereocenters. The van der Waals surface area contributed by atoms with E-state index >= 15 is 0 Å². The molecule has 6 heteroatoms. The van der Waals surface area contributed by atoms with Crippen molar-refractivity contribution in [3.8, 4) is 5.75 Å². The third kappa shape index (κ3) is 4.53. The van der Waals surface area contributed by atoms with Gasteiger partial charge in [0.2, 0.25) is 0 Å². The molecule has 1 saturated heterocycles. The molecule has 1 fully saturated rings. The summed E-state index contributed by atoms with van der Waals surface area (Å²) in [5.74, 6) is 0.720. The molecule has 0 saturated carbocycles. The second-order valence-electron chi connectivity index (χ2n) is 6.27. The lowest BCUT2D eigenvalue weighted by molar-refractivity contribution is 0.0162. The lowest BCUT2D eigenvalue weighted by Crippen LogP contribution is -2.43. The number of ether oxygens (including phenoxy) is 2. The Morgan fingerprint density at radius 2 is 1.81 bits per heavy atom. The second kappa shape index (κ2) is 8.69. The van der Waals surface area contributed by atoms with Crippen molar-refractivity contribution in [2.45, 2.75) is 6.04 Å². The van der Waals surface area contributed by atoms with E-state index in [9.17, 15) is 4.79 Å². The van der Waals surface area contributed by atoms with Gasteiger partial charge in [0, 0.05) is 30.9 Å². The van der Waals surface area contributed by atoms with Crippen LogP contribution in [-0.2, 0) is 4.74 Å². The number of carbonyl (C=O) groups is 1. The van der Waals surface area contributed by atoms with Gasteiger partial charge in [-0.15, -0.1) is 0 Å². The first kappa shape index (κ1) is 18.2. The Morgan fingerprint density at radius 1 is 1.15 bits per heavy atom. The number of nitrogens with one attached hydrogen (secondary N) is 1. The van der Waals surface area contributed by atoms with Crippen LogP contribution in [0.3, 0.4) is 0 Å². The number of hydrogen-bond acceptors (Lipinski definition) is 5. The molecule has 0 radical (unpaired) electrons. The Kier molecular flexibility index (Phi) is 6.09. The fourth-order valence-corrected chi connectivity index (χ4v) is 3.10. The highest BCUT2D eigenvalue weighted by Crippen LogP contribution is 2.23. The highest BCUT2D eigenvalue weighted by Gasteiger charge is 2.23. The van der Waals surface area contributed by atoms with E-state index in [1.54, 1.807) is 31.4 Å². The monoisotopic (exact) mass is 355 g/mol. The van der Waals surface area contributed by atoms with Crippen molar-refractivity contribution in [3.63, 3.8) is 0 Å². The summed E-state index contributed by atoms with van der Waals surface area (Å²) in [5, 5.41) is 3.05. The van der Waals surface area contributed by atoms with Gasteiger partial charge in [0.15, 0.2) is 0 Å². The Labute approximate surface area is 153 Å². The smallest absolute Gasteiger partial charge is 0.251 e. The van der Waals surface area contributed by atoms with E-state index in [0.29, 0.717) is 31.0 Å². The summed E-state index contributed by atoms with van der Waals surface area (Å²) < 4.78 is 10.7.